The summed E-state index contributed by atoms with van der Waals surface area (Å²) in [6, 6.07) is 8.44. The maximum Gasteiger partial charge on any atom is 0.113 e. The predicted molar refractivity (Wildman–Crippen MR) is 78.1 cm³/mol. The fourth-order valence-electron chi connectivity index (χ4n) is 2.67. The molecule has 1 spiro atoms. The molecule has 96 valence electrons. The quantitative estimate of drug-likeness (QED) is 0.862. The van der Waals surface area contributed by atoms with Crippen LogP contribution in [0.3, 0.4) is 0 Å². The van der Waals surface area contributed by atoms with Crippen molar-refractivity contribution in [2.24, 2.45) is 4.99 Å². The van der Waals surface area contributed by atoms with Gasteiger partial charge in [0.05, 0.1) is 5.71 Å². The van der Waals surface area contributed by atoms with Gasteiger partial charge in [0.15, 0.2) is 0 Å². The summed E-state index contributed by atoms with van der Waals surface area (Å²) >= 11 is 3.47. The molecule has 0 aromatic heterocycles. The van der Waals surface area contributed by atoms with E-state index in [2.05, 4.69) is 57.5 Å². The topological polar surface area (TPSA) is 27.6 Å². The average molecular weight is 308 g/mol. The van der Waals surface area contributed by atoms with Crippen LogP contribution < -0.4 is 5.32 Å². The highest BCUT2D eigenvalue weighted by molar-refractivity contribution is 9.10. The number of nitrogens with one attached hydrogen (secondary N) is 1. The zero-order chi connectivity index (χ0) is 12.6. The molecule has 1 fully saturated rings. The largest absolute Gasteiger partial charge is 0.306 e. The molecule has 2 aliphatic rings. The van der Waals surface area contributed by atoms with Crippen LogP contribution in [0.5, 0.6) is 0 Å². The van der Waals surface area contributed by atoms with Crippen molar-refractivity contribution >= 4 is 21.6 Å². The number of hydrogen-bond donors (Lipinski definition) is 1. The molecule has 3 nitrogen and oxygen atoms in total. The van der Waals surface area contributed by atoms with Gasteiger partial charge in [-0.05, 0) is 37.6 Å². The van der Waals surface area contributed by atoms with E-state index in [0.29, 0.717) is 0 Å². The highest BCUT2D eigenvalue weighted by Gasteiger charge is 2.36. The summed E-state index contributed by atoms with van der Waals surface area (Å²) in [4.78, 5) is 7.35. The normalized spacial score (nSPS) is 23.3. The first-order valence-electron chi connectivity index (χ1n) is 6.45. The van der Waals surface area contributed by atoms with Crippen LogP contribution >= 0.6 is 15.9 Å². The molecule has 2 heterocycles. The third-order valence-corrected chi connectivity index (χ3v) is 4.45. The standard InChI is InChI=1S/C14H18BrN3/c1-18-8-6-14(7-9-18)16-10-13(17-14)11-2-4-12(15)5-3-11/h2-5,16H,6-10H2,1H3. The van der Waals surface area contributed by atoms with Gasteiger partial charge in [-0.2, -0.15) is 0 Å². The van der Waals surface area contributed by atoms with E-state index >= 15 is 0 Å². The zero-order valence-corrected chi connectivity index (χ0v) is 12.2. The van der Waals surface area contributed by atoms with E-state index in [1.54, 1.807) is 0 Å². The Morgan fingerprint density at radius 3 is 2.56 bits per heavy atom. The van der Waals surface area contributed by atoms with E-state index in [4.69, 9.17) is 4.99 Å². The van der Waals surface area contributed by atoms with Gasteiger partial charge in [0.25, 0.3) is 0 Å². The fraction of sp³-hybridized carbons (Fsp3) is 0.500. The van der Waals surface area contributed by atoms with Gasteiger partial charge in [-0.3, -0.25) is 10.3 Å². The Kier molecular flexibility index (Phi) is 3.26. The smallest absolute Gasteiger partial charge is 0.113 e. The third-order valence-electron chi connectivity index (χ3n) is 3.93. The van der Waals surface area contributed by atoms with E-state index in [9.17, 15) is 0 Å². The third kappa shape index (κ3) is 2.37. The highest BCUT2D eigenvalue weighted by atomic mass is 79.9. The van der Waals surface area contributed by atoms with Gasteiger partial charge < -0.3 is 4.90 Å². The van der Waals surface area contributed by atoms with E-state index in [1.807, 2.05) is 0 Å². The Bertz CT molecular complexity index is 458. The molecule has 2 aliphatic heterocycles. The molecule has 1 N–H and O–H groups in total. The molecule has 0 unspecified atom stereocenters. The van der Waals surface area contributed by atoms with Crippen molar-refractivity contribution in [2.75, 3.05) is 26.7 Å². The van der Waals surface area contributed by atoms with E-state index in [1.165, 1.54) is 11.3 Å². The van der Waals surface area contributed by atoms with E-state index < -0.39 is 0 Å². The Morgan fingerprint density at radius 1 is 1.22 bits per heavy atom. The lowest BCUT2D eigenvalue weighted by molar-refractivity contribution is 0.175. The number of likely N-dealkylation sites (tertiary alicyclic amines) is 1. The van der Waals surface area contributed by atoms with Crippen LogP contribution in [-0.2, 0) is 0 Å². The van der Waals surface area contributed by atoms with E-state index in [0.717, 1.165) is 36.9 Å². The van der Waals surface area contributed by atoms with Crippen LogP contribution in [0.4, 0.5) is 0 Å². The van der Waals surface area contributed by atoms with Crippen LogP contribution in [0.1, 0.15) is 18.4 Å². The molecule has 3 rings (SSSR count). The lowest BCUT2D eigenvalue weighted by Crippen LogP contribution is -2.48. The molecule has 0 bridgehead atoms. The maximum atomic E-state index is 4.98. The first kappa shape index (κ1) is 12.3. The second-order valence-corrected chi connectivity index (χ2v) is 6.17. The number of hydrogen-bond acceptors (Lipinski definition) is 3. The lowest BCUT2D eigenvalue weighted by atomic mass is 9.99. The summed E-state index contributed by atoms with van der Waals surface area (Å²) in [7, 11) is 2.18. The van der Waals surface area contributed by atoms with Crippen molar-refractivity contribution in [3.63, 3.8) is 0 Å². The van der Waals surface area contributed by atoms with E-state index in [-0.39, 0.29) is 5.66 Å². The molecule has 0 amide bonds. The molecule has 1 aromatic carbocycles. The SMILES string of the molecule is CN1CCC2(CC1)N=C(c1ccc(Br)cc1)CN2. The number of nitrogens with zero attached hydrogens (tertiary/aromatic N) is 2. The minimum absolute atomic E-state index is 0.00885. The summed E-state index contributed by atoms with van der Waals surface area (Å²) in [5.74, 6) is 0. The number of piperidine rings is 1. The Hall–Kier alpha value is -0.710. The van der Waals surface area contributed by atoms with Gasteiger partial charge in [-0.1, -0.05) is 28.1 Å². The van der Waals surface area contributed by atoms with Crippen LogP contribution in [0.25, 0.3) is 0 Å². The first-order valence-corrected chi connectivity index (χ1v) is 7.24. The summed E-state index contributed by atoms with van der Waals surface area (Å²) in [6.45, 7) is 3.15. The van der Waals surface area contributed by atoms with Crippen molar-refractivity contribution < 1.29 is 0 Å². The minimum Gasteiger partial charge on any atom is -0.306 e. The van der Waals surface area contributed by atoms with Gasteiger partial charge in [-0.15, -0.1) is 0 Å². The van der Waals surface area contributed by atoms with Gasteiger partial charge >= 0.3 is 0 Å². The average Bonchev–Trinajstić information content (AvgIpc) is 2.79. The van der Waals surface area contributed by atoms with Crippen molar-refractivity contribution in [1.82, 2.24) is 10.2 Å². The monoisotopic (exact) mass is 307 g/mol. The van der Waals surface area contributed by atoms with Crippen LogP contribution in [-0.4, -0.2) is 43.0 Å². The van der Waals surface area contributed by atoms with Crippen LogP contribution in [0, 0.1) is 0 Å². The van der Waals surface area contributed by atoms with Crippen molar-refractivity contribution in [3.8, 4) is 0 Å². The zero-order valence-electron chi connectivity index (χ0n) is 10.6. The molecule has 1 saturated heterocycles. The Morgan fingerprint density at radius 2 is 1.89 bits per heavy atom. The highest BCUT2D eigenvalue weighted by Crippen LogP contribution is 2.27. The second kappa shape index (κ2) is 4.76. The molecular weight excluding hydrogens is 290 g/mol. The number of rotatable bonds is 1. The van der Waals surface area contributed by atoms with Crippen molar-refractivity contribution in [1.29, 1.82) is 0 Å². The minimum atomic E-state index is 0.00885. The lowest BCUT2D eigenvalue weighted by Gasteiger charge is -2.35. The summed E-state index contributed by atoms with van der Waals surface area (Å²) in [5.41, 5.74) is 2.45. The van der Waals surface area contributed by atoms with Gasteiger partial charge in [0, 0.05) is 24.1 Å². The van der Waals surface area contributed by atoms with Crippen molar-refractivity contribution in [2.45, 2.75) is 18.5 Å². The molecule has 0 radical (unpaired) electrons. The number of benzene rings is 1. The Labute approximate surface area is 116 Å². The Balaban J connectivity index is 1.81. The molecule has 18 heavy (non-hydrogen) atoms. The fourth-order valence-corrected chi connectivity index (χ4v) is 2.94. The second-order valence-electron chi connectivity index (χ2n) is 5.25. The molecule has 4 heteroatoms. The molecular formula is C14H18BrN3. The summed E-state index contributed by atoms with van der Waals surface area (Å²) < 4.78 is 1.12. The molecule has 1 aromatic rings. The summed E-state index contributed by atoms with van der Waals surface area (Å²) in [5, 5.41) is 3.61. The predicted octanol–water partition coefficient (Wildman–Crippen LogP) is 2.26. The van der Waals surface area contributed by atoms with Crippen LogP contribution in [0.2, 0.25) is 0 Å². The van der Waals surface area contributed by atoms with Gasteiger partial charge in [0.2, 0.25) is 0 Å². The number of halogens is 1. The molecule has 0 aliphatic carbocycles. The maximum absolute atomic E-state index is 4.98. The van der Waals surface area contributed by atoms with Gasteiger partial charge in [0.1, 0.15) is 5.66 Å². The first-order chi connectivity index (χ1) is 8.67. The molecule has 0 atom stereocenters. The van der Waals surface area contributed by atoms with Crippen molar-refractivity contribution in [3.05, 3.63) is 34.3 Å². The van der Waals surface area contributed by atoms with Crippen LogP contribution in [0.15, 0.2) is 33.7 Å². The molecule has 0 saturated carbocycles. The number of aliphatic imine (C=N–C) groups is 1. The van der Waals surface area contributed by atoms with Gasteiger partial charge in [-0.25, -0.2) is 0 Å². The summed E-state index contributed by atoms with van der Waals surface area (Å²) in [6.07, 6.45) is 2.23.